The normalized spacial score (nSPS) is 18.9. The fourth-order valence-corrected chi connectivity index (χ4v) is 3.50. The summed E-state index contributed by atoms with van der Waals surface area (Å²) in [5, 5.41) is 3.76. The maximum atomic E-state index is 13.7. The number of nitrogens with zero attached hydrogens (tertiary/aromatic N) is 2. The minimum Gasteiger partial charge on any atom is -0.367 e. The minimum atomic E-state index is -0.876. The van der Waals surface area contributed by atoms with Gasteiger partial charge in [0.2, 0.25) is 0 Å². The van der Waals surface area contributed by atoms with Gasteiger partial charge in [-0.3, -0.25) is 0 Å². The van der Waals surface area contributed by atoms with Crippen molar-refractivity contribution < 1.29 is 18.3 Å². The molecule has 1 aliphatic heterocycles. The Balaban J connectivity index is 1.61. The predicted molar refractivity (Wildman–Crippen MR) is 96.4 cm³/mol. The quantitative estimate of drug-likeness (QED) is 0.443. The van der Waals surface area contributed by atoms with Crippen LogP contribution < -0.4 is 5.32 Å². The topological polar surface area (TPSA) is 56.3 Å². The van der Waals surface area contributed by atoms with Crippen LogP contribution in [0.2, 0.25) is 5.15 Å². The first-order valence-corrected chi connectivity index (χ1v) is 9.35. The van der Waals surface area contributed by atoms with E-state index in [1.165, 1.54) is 23.9 Å². The summed E-state index contributed by atoms with van der Waals surface area (Å²) >= 11 is 7.21. The molecule has 2 aromatic rings. The number of anilines is 1. The number of hydrogen-bond donors (Lipinski definition) is 1. The first-order valence-electron chi connectivity index (χ1n) is 7.98. The Hall–Kier alpha value is -1.48. The fraction of sp³-hybridized carbons (Fsp3) is 0.412. The number of nitrogens with one attached hydrogen (secondary N) is 1. The van der Waals surface area contributed by atoms with Gasteiger partial charge in [0.1, 0.15) is 17.1 Å². The lowest BCUT2D eigenvalue weighted by Gasteiger charge is -2.17. The Morgan fingerprint density at radius 2 is 2.15 bits per heavy atom. The maximum absolute atomic E-state index is 13.7. The second-order valence-corrected chi connectivity index (χ2v) is 7.52. The highest BCUT2D eigenvalue weighted by molar-refractivity contribution is 7.98. The summed E-state index contributed by atoms with van der Waals surface area (Å²) in [4.78, 5) is 8.45. The average molecular weight is 402 g/mol. The van der Waals surface area contributed by atoms with E-state index in [0.29, 0.717) is 24.1 Å². The molecule has 0 spiro atoms. The molecule has 0 amide bonds. The van der Waals surface area contributed by atoms with Gasteiger partial charge >= 0.3 is 0 Å². The molecule has 1 N–H and O–H groups in total. The highest BCUT2D eigenvalue weighted by Gasteiger charge is 2.32. The van der Waals surface area contributed by atoms with E-state index in [1.54, 1.807) is 6.07 Å². The van der Waals surface area contributed by atoms with Crippen molar-refractivity contribution in [3.63, 3.8) is 0 Å². The Labute approximate surface area is 159 Å². The molecule has 0 unspecified atom stereocenters. The number of ether oxygens (including phenoxy) is 2. The zero-order chi connectivity index (χ0) is 18.7. The smallest absolute Gasteiger partial charge is 0.191 e. The number of hydrogen-bond acceptors (Lipinski definition) is 6. The monoisotopic (exact) mass is 401 g/mol. The maximum Gasteiger partial charge on any atom is 0.191 e. The first-order chi connectivity index (χ1) is 12.3. The molecule has 1 saturated heterocycles. The zero-order valence-electron chi connectivity index (χ0n) is 14.3. The summed E-state index contributed by atoms with van der Waals surface area (Å²) in [7, 11) is 0. The van der Waals surface area contributed by atoms with Gasteiger partial charge in [0.15, 0.2) is 22.6 Å². The molecule has 0 bridgehead atoms. The summed E-state index contributed by atoms with van der Waals surface area (Å²) in [5.41, 5.74) is 0.242. The third kappa shape index (κ3) is 5.03. The first kappa shape index (κ1) is 19.3. The predicted octanol–water partition coefficient (Wildman–Crippen LogP) is 4.26. The lowest BCUT2D eigenvalue weighted by atomic mass is 10.2. The average Bonchev–Trinajstić information content (AvgIpc) is 2.93. The molecule has 140 valence electrons. The molecule has 1 fully saturated rings. The van der Waals surface area contributed by atoms with Gasteiger partial charge < -0.3 is 14.8 Å². The van der Waals surface area contributed by atoms with Crippen molar-refractivity contribution in [1.82, 2.24) is 9.97 Å². The number of benzene rings is 1. The van der Waals surface area contributed by atoms with E-state index in [2.05, 4.69) is 15.3 Å². The Morgan fingerprint density at radius 3 is 2.88 bits per heavy atom. The molecule has 1 aromatic heterocycles. The van der Waals surface area contributed by atoms with Crippen LogP contribution in [0.25, 0.3) is 0 Å². The van der Waals surface area contributed by atoms with Gasteiger partial charge in [0, 0.05) is 23.9 Å². The van der Waals surface area contributed by atoms with Crippen LogP contribution in [-0.4, -0.2) is 35.0 Å². The fourth-order valence-electron chi connectivity index (χ4n) is 2.44. The van der Waals surface area contributed by atoms with E-state index in [-0.39, 0.29) is 22.6 Å². The summed E-state index contributed by atoms with van der Waals surface area (Å²) < 4.78 is 38.2. The minimum absolute atomic E-state index is 0.101. The molecule has 1 aromatic carbocycles. The standard InChI is InChI=1S/C17H18ClF2N3O2S/c1-17(2)24-8-11(25-17)7-21-14-6-13(18)22-16(23-14)26-9-10-4-3-5-12(19)15(10)20/h3-6,11H,7-9H2,1-2H3,(H,21,22,23)/t11-/m1/s1. The van der Waals surface area contributed by atoms with Crippen molar-refractivity contribution in [2.24, 2.45) is 0 Å². The summed E-state index contributed by atoms with van der Waals surface area (Å²) in [6, 6.07) is 5.66. The van der Waals surface area contributed by atoms with Crippen LogP contribution in [0.5, 0.6) is 0 Å². The summed E-state index contributed by atoms with van der Waals surface area (Å²) in [5.74, 6) is -1.61. The van der Waals surface area contributed by atoms with E-state index < -0.39 is 17.4 Å². The number of aromatic nitrogens is 2. The van der Waals surface area contributed by atoms with Gasteiger partial charge in [-0.25, -0.2) is 18.7 Å². The van der Waals surface area contributed by atoms with Gasteiger partial charge in [-0.05, 0) is 19.9 Å². The van der Waals surface area contributed by atoms with Crippen LogP contribution in [0.15, 0.2) is 29.4 Å². The van der Waals surface area contributed by atoms with E-state index in [1.807, 2.05) is 13.8 Å². The molecule has 3 rings (SSSR count). The molecule has 0 radical (unpaired) electrons. The van der Waals surface area contributed by atoms with Crippen LogP contribution in [-0.2, 0) is 15.2 Å². The van der Waals surface area contributed by atoms with Crippen LogP contribution >= 0.6 is 23.4 Å². The molecule has 0 aliphatic carbocycles. The molecular formula is C17H18ClF2N3O2S. The van der Waals surface area contributed by atoms with Gasteiger partial charge in [-0.2, -0.15) is 0 Å². The molecule has 5 nitrogen and oxygen atoms in total. The Kier molecular flexibility index (Phi) is 5.96. The lowest BCUT2D eigenvalue weighted by molar-refractivity contribution is -0.136. The van der Waals surface area contributed by atoms with Crippen LogP contribution in [0, 0.1) is 11.6 Å². The Morgan fingerprint density at radius 1 is 1.35 bits per heavy atom. The third-order valence-corrected chi connectivity index (χ3v) is 4.73. The molecule has 26 heavy (non-hydrogen) atoms. The van der Waals surface area contributed by atoms with Crippen molar-refractivity contribution >= 4 is 29.2 Å². The van der Waals surface area contributed by atoms with E-state index in [0.717, 1.165) is 6.07 Å². The second-order valence-electron chi connectivity index (χ2n) is 6.19. The largest absolute Gasteiger partial charge is 0.367 e. The molecule has 1 atom stereocenters. The molecule has 1 aliphatic rings. The highest BCUT2D eigenvalue weighted by atomic mass is 35.5. The summed E-state index contributed by atoms with van der Waals surface area (Å²) in [6.45, 7) is 4.70. The molecule has 0 saturated carbocycles. The Bertz CT molecular complexity index is 795. The van der Waals surface area contributed by atoms with Gasteiger partial charge in [0.05, 0.1) is 6.61 Å². The van der Waals surface area contributed by atoms with Gasteiger partial charge in [0.25, 0.3) is 0 Å². The van der Waals surface area contributed by atoms with Crippen LogP contribution in [0.4, 0.5) is 14.6 Å². The van der Waals surface area contributed by atoms with Crippen molar-refractivity contribution in [2.45, 2.75) is 36.6 Å². The SMILES string of the molecule is CC1(C)OC[C@@H](CNc2cc(Cl)nc(SCc3cccc(F)c3F)n2)O1. The van der Waals surface area contributed by atoms with Crippen molar-refractivity contribution in [2.75, 3.05) is 18.5 Å². The summed E-state index contributed by atoms with van der Waals surface area (Å²) in [6.07, 6.45) is -0.101. The van der Waals surface area contributed by atoms with Crippen LogP contribution in [0.3, 0.4) is 0 Å². The van der Waals surface area contributed by atoms with Gasteiger partial charge in [-0.15, -0.1) is 0 Å². The molecule has 9 heteroatoms. The van der Waals surface area contributed by atoms with E-state index >= 15 is 0 Å². The number of rotatable bonds is 6. The van der Waals surface area contributed by atoms with E-state index in [9.17, 15) is 8.78 Å². The number of thioether (sulfide) groups is 1. The van der Waals surface area contributed by atoms with Crippen molar-refractivity contribution in [1.29, 1.82) is 0 Å². The lowest BCUT2D eigenvalue weighted by Crippen LogP contribution is -2.26. The van der Waals surface area contributed by atoms with Gasteiger partial charge in [-0.1, -0.05) is 35.5 Å². The van der Waals surface area contributed by atoms with E-state index in [4.69, 9.17) is 21.1 Å². The van der Waals surface area contributed by atoms with Crippen LogP contribution in [0.1, 0.15) is 19.4 Å². The zero-order valence-corrected chi connectivity index (χ0v) is 15.8. The number of halogens is 3. The third-order valence-electron chi connectivity index (χ3n) is 3.64. The van der Waals surface area contributed by atoms with Crippen molar-refractivity contribution in [3.05, 3.63) is 46.6 Å². The second kappa shape index (κ2) is 8.04. The molecular weight excluding hydrogens is 384 g/mol. The highest BCUT2D eigenvalue weighted by Crippen LogP contribution is 2.26. The van der Waals surface area contributed by atoms with Crippen molar-refractivity contribution in [3.8, 4) is 0 Å². The molecule has 2 heterocycles.